The van der Waals surface area contributed by atoms with Gasteiger partial charge in [-0.05, 0) is 19.9 Å². The van der Waals surface area contributed by atoms with Gasteiger partial charge in [-0.1, -0.05) is 0 Å². The summed E-state index contributed by atoms with van der Waals surface area (Å²) in [6.07, 6.45) is 0. The molecule has 0 saturated heterocycles. The van der Waals surface area contributed by atoms with E-state index in [1.807, 2.05) is 0 Å². The smallest absolute Gasteiger partial charge is 0.342 e. The zero-order valence-electron chi connectivity index (χ0n) is 9.85. The van der Waals surface area contributed by atoms with Gasteiger partial charge >= 0.3 is 5.97 Å². The number of hydrogen-bond donors (Lipinski definition) is 0. The predicted octanol–water partition coefficient (Wildman–Crippen LogP) is 2.09. The second-order valence-corrected chi connectivity index (χ2v) is 3.26. The monoisotopic (exact) mass is 239 g/mol. The van der Waals surface area contributed by atoms with Crippen LogP contribution in [-0.4, -0.2) is 24.6 Å². The molecule has 92 valence electrons. The van der Waals surface area contributed by atoms with Gasteiger partial charge in [0.2, 0.25) is 0 Å². The summed E-state index contributed by atoms with van der Waals surface area (Å²) in [4.78, 5) is 21.9. The van der Waals surface area contributed by atoms with Crippen molar-refractivity contribution in [3.8, 4) is 5.75 Å². The zero-order chi connectivity index (χ0) is 13.0. The molecule has 0 fully saturated rings. The van der Waals surface area contributed by atoms with Gasteiger partial charge in [0, 0.05) is 11.6 Å². The van der Waals surface area contributed by atoms with Gasteiger partial charge in [0.05, 0.1) is 18.6 Å². The van der Waals surface area contributed by atoms with E-state index in [0.717, 1.165) is 0 Å². The van der Waals surface area contributed by atoms with Gasteiger partial charge in [-0.2, -0.15) is 0 Å². The number of nitrogens with zero attached hydrogens (tertiary/aromatic N) is 1. The van der Waals surface area contributed by atoms with E-state index in [1.54, 1.807) is 6.92 Å². The summed E-state index contributed by atoms with van der Waals surface area (Å²) < 4.78 is 9.85. The number of carbonyl (C=O) groups excluding carboxylic acids is 1. The summed E-state index contributed by atoms with van der Waals surface area (Å²) >= 11 is 0. The minimum absolute atomic E-state index is 0.101. The lowest BCUT2D eigenvalue weighted by atomic mass is 10.1. The Bertz CT molecular complexity index is 455. The van der Waals surface area contributed by atoms with E-state index in [2.05, 4.69) is 0 Å². The lowest BCUT2D eigenvalue weighted by molar-refractivity contribution is -0.385. The molecule has 0 amide bonds. The van der Waals surface area contributed by atoms with Crippen molar-refractivity contribution in [2.24, 2.45) is 0 Å². The van der Waals surface area contributed by atoms with Crippen molar-refractivity contribution in [2.75, 3.05) is 13.7 Å². The molecule has 0 spiro atoms. The molecule has 0 aromatic heterocycles. The van der Waals surface area contributed by atoms with Crippen LogP contribution in [0.1, 0.15) is 22.8 Å². The third-order valence-corrected chi connectivity index (χ3v) is 2.29. The maximum atomic E-state index is 11.7. The Morgan fingerprint density at radius 2 is 2.12 bits per heavy atom. The Kier molecular flexibility index (Phi) is 4.03. The second kappa shape index (κ2) is 5.29. The molecule has 6 nitrogen and oxygen atoms in total. The molecule has 1 aromatic rings. The largest absolute Gasteiger partial charge is 0.496 e. The molecule has 0 saturated carbocycles. The van der Waals surface area contributed by atoms with Crippen LogP contribution in [0.25, 0.3) is 0 Å². The highest BCUT2D eigenvalue weighted by Gasteiger charge is 2.23. The molecule has 0 radical (unpaired) electrons. The molecule has 0 aliphatic heterocycles. The first-order chi connectivity index (χ1) is 8.02. The van der Waals surface area contributed by atoms with Crippen LogP contribution in [0.3, 0.4) is 0 Å². The average Bonchev–Trinajstić information content (AvgIpc) is 2.27. The van der Waals surface area contributed by atoms with Crippen molar-refractivity contribution in [1.29, 1.82) is 0 Å². The molecule has 0 bridgehead atoms. The molecule has 0 aliphatic rings. The van der Waals surface area contributed by atoms with Crippen LogP contribution in [0.15, 0.2) is 12.1 Å². The third kappa shape index (κ3) is 2.52. The van der Waals surface area contributed by atoms with Gasteiger partial charge in [-0.3, -0.25) is 10.1 Å². The first kappa shape index (κ1) is 13.0. The summed E-state index contributed by atoms with van der Waals surface area (Å²) in [5, 5.41) is 10.8. The summed E-state index contributed by atoms with van der Waals surface area (Å²) in [7, 11) is 1.39. The maximum Gasteiger partial charge on any atom is 0.342 e. The highest BCUT2D eigenvalue weighted by molar-refractivity contribution is 5.95. The minimum Gasteiger partial charge on any atom is -0.496 e. The van der Waals surface area contributed by atoms with E-state index in [-0.39, 0.29) is 29.2 Å². The Morgan fingerprint density at radius 1 is 1.47 bits per heavy atom. The fraction of sp³-hybridized carbons (Fsp3) is 0.364. The molecule has 17 heavy (non-hydrogen) atoms. The topological polar surface area (TPSA) is 78.7 Å². The number of nitro groups is 1. The van der Waals surface area contributed by atoms with Crippen LogP contribution in [0.5, 0.6) is 5.75 Å². The minimum atomic E-state index is -0.620. The van der Waals surface area contributed by atoms with Crippen molar-refractivity contribution in [2.45, 2.75) is 13.8 Å². The SMILES string of the molecule is CCOC(=O)c1c(OC)ccc([N+](=O)[O-])c1C. The van der Waals surface area contributed by atoms with Crippen molar-refractivity contribution >= 4 is 11.7 Å². The Hall–Kier alpha value is -2.11. The van der Waals surface area contributed by atoms with Gasteiger partial charge in [0.15, 0.2) is 0 Å². The van der Waals surface area contributed by atoms with E-state index in [9.17, 15) is 14.9 Å². The maximum absolute atomic E-state index is 11.7. The van der Waals surface area contributed by atoms with Crippen LogP contribution >= 0.6 is 0 Å². The van der Waals surface area contributed by atoms with E-state index in [4.69, 9.17) is 9.47 Å². The van der Waals surface area contributed by atoms with Crippen LogP contribution in [0.4, 0.5) is 5.69 Å². The predicted molar refractivity (Wildman–Crippen MR) is 60.3 cm³/mol. The summed E-state index contributed by atoms with van der Waals surface area (Å²) in [6, 6.07) is 2.69. The summed E-state index contributed by atoms with van der Waals surface area (Å²) in [5.74, 6) is -0.350. The van der Waals surface area contributed by atoms with E-state index in [0.29, 0.717) is 0 Å². The number of hydrogen-bond acceptors (Lipinski definition) is 5. The molecule has 0 unspecified atom stereocenters. The van der Waals surface area contributed by atoms with Crippen LogP contribution < -0.4 is 4.74 Å². The quantitative estimate of drug-likeness (QED) is 0.456. The number of ether oxygens (including phenoxy) is 2. The van der Waals surface area contributed by atoms with Gasteiger partial charge in [0.1, 0.15) is 11.3 Å². The highest BCUT2D eigenvalue weighted by Crippen LogP contribution is 2.30. The lowest BCUT2D eigenvalue weighted by Crippen LogP contribution is -2.10. The number of methoxy groups -OCH3 is 1. The zero-order valence-corrected chi connectivity index (χ0v) is 9.85. The molecule has 6 heteroatoms. The number of carbonyl (C=O) groups is 1. The third-order valence-electron chi connectivity index (χ3n) is 2.29. The van der Waals surface area contributed by atoms with Crippen molar-refractivity contribution < 1.29 is 19.2 Å². The van der Waals surface area contributed by atoms with Gasteiger partial charge in [0.25, 0.3) is 5.69 Å². The number of benzene rings is 1. The van der Waals surface area contributed by atoms with Crippen LogP contribution in [0.2, 0.25) is 0 Å². The fourth-order valence-corrected chi connectivity index (χ4v) is 1.50. The first-order valence-electron chi connectivity index (χ1n) is 5.02. The average molecular weight is 239 g/mol. The van der Waals surface area contributed by atoms with Gasteiger partial charge < -0.3 is 9.47 Å². The van der Waals surface area contributed by atoms with Gasteiger partial charge in [-0.15, -0.1) is 0 Å². The number of esters is 1. The van der Waals surface area contributed by atoms with E-state index in [1.165, 1.54) is 26.2 Å². The lowest BCUT2D eigenvalue weighted by Gasteiger charge is -2.10. The van der Waals surface area contributed by atoms with Crippen LogP contribution in [0, 0.1) is 17.0 Å². The van der Waals surface area contributed by atoms with E-state index >= 15 is 0 Å². The first-order valence-corrected chi connectivity index (χ1v) is 5.02. The van der Waals surface area contributed by atoms with Crippen LogP contribution in [-0.2, 0) is 4.74 Å². The van der Waals surface area contributed by atoms with E-state index < -0.39 is 10.9 Å². The van der Waals surface area contributed by atoms with Crippen molar-refractivity contribution in [3.63, 3.8) is 0 Å². The molecule has 0 aliphatic carbocycles. The number of nitro benzene ring substituents is 1. The van der Waals surface area contributed by atoms with Crippen molar-refractivity contribution in [1.82, 2.24) is 0 Å². The fourth-order valence-electron chi connectivity index (χ4n) is 1.50. The Balaban J connectivity index is 3.37. The highest BCUT2D eigenvalue weighted by atomic mass is 16.6. The summed E-state index contributed by atoms with van der Waals surface area (Å²) in [6.45, 7) is 3.36. The van der Waals surface area contributed by atoms with Crippen molar-refractivity contribution in [3.05, 3.63) is 33.4 Å². The van der Waals surface area contributed by atoms with Gasteiger partial charge in [-0.25, -0.2) is 4.79 Å². The molecule has 0 heterocycles. The number of rotatable bonds is 4. The Labute approximate surface area is 98.3 Å². The summed E-state index contributed by atoms with van der Waals surface area (Å²) in [5.41, 5.74) is 0.213. The molecule has 1 aromatic carbocycles. The standard InChI is InChI=1S/C11H13NO5/c1-4-17-11(13)10-7(2)8(12(14)15)5-6-9(10)16-3/h5-6H,4H2,1-3H3. The molecule has 1 rings (SSSR count). The Morgan fingerprint density at radius 3 is 2.59 bits per heavy atom. The molecule has 0 atom stereocenters. The molecular weight excluding hydrogens is 226 g/mol. The normalized spacial score (nSPS) is 9.82. The molecular formula is C11H13NO5. The second-order valence-electron chi connectivity index (χ2n) is 3.26. The molecule has 0 N–H and O–H groups in total.